The van der Waals surface area contributed by atoms with E-state index in [-0.39, 0.29) is 12.0 Å². The van der Waals surface area contributed by atoms with Crippen molar-refractivity contribution in [2.45, 2.75) is 24.7 Å². The molecule has 9 heteroatoms. The Hall–Kier alpha value is -2.10. The molecule has 2 saturated heterocycles. The Kier molecular flexibility index (Phi) is 6.68. The van der Waals surface area contributed by atoms with Crippen molar-refractivity contribution in [1.29, 1.82) is 0 Å². The molecule has 156 valence electrons. The summed E-state index contributed by atoms with van der Waals surface area (Å²) in [6.45, 7) is 7.54. The SMILES string of the molecule is CC1CN(C(=O)CSc2nnc(N3CCOCC3)n2Cc2ccccc2)CCO1. The Morgan fingerprint density at radius 2 is 1.93 bits per heavy atom. The van der Waals surface area contributed by atoms with Crippen LogP contribution in [0.4, 0.5) is 5.95 Å². The van der Waals surface area contributed by atoms with E-state index in [1.54, 1.807) is 0 Å². The number of rotatable bonds is 6. The summed E-state index contributed by atoms with van der Waals surface area (Å²) in [5, 5.41) is 9.64. The van der Waals surface area contributed by atoms with Gasteiger partial charge in [-0.1, -0.05) is 42.1 Å². The van der Waals surface area contributed by atoms with Gasteiger partial charge in [-0.15, -0.1) is 10.2 Å². The number of anilines is 1. The number of amides is 1. The Balaban J connectivity index is 1.49. The van der Waals surface area contributed by atoms with Gasteiger partial charge < -0.3 is 19.3 Å². The zero-order chi connectivity index (χ0) is 20.1. The summed E-state index contributed by atoms with van der Waals surface area (Å²) >= 11 is 1.45. The summed E-state index contributed by atoms with van der Waals surface area (Å²) in [6.07, 6.45) is 0.0901. The molecule has 2 aliphatic rings. The first-order valence-corrected chi connectivity index (χ1v) is 11.0. The standard InChI is InChI=1S/C20H27N5O3S/c1-16-13-24(9-12-28-16)18(26)15-29-20-22-21-19(23-7-10-27-11-8-23)25(20)14-17-5-3-2-4-6-17/h2-6,16H,7-15H2,1H3. The first-order valence-electron chi connectivity index (χ1n) is 10.0. The highest BCUT2D eigenvalue weighted by Gasteiger charge is 2.24. The maximum absolute atomic E-state index is 12.7. The maximum Gasteiger partial charge on any atom is 0.233 e. The average molecular weight is 418 g/mol. The van der Waals surface area contributed by atoms with Gasteiger partial charge in [-0.3, -0.25) is 9.36 Å². The minimum atomic E-state index is 0.0901. The Bertz CT molecular complexity index is 810. The molecule has 8 nitrogen and oxygen atoms in total. The van der Waals surface area contributed by atoms with Crippen molar-refractivity contribution in [1.82, 2.24) is 19.7 Å². The van der Waals surface area contributed by atoms with Gasteiger partial charge in [-0.05, 0) is 12.5 Å². The van der Waals surface area contributed by atoms with Gasteiger partial charge in [0.15, 0.2) is 5.16 Å². The highest BCUT2D eigenvalue weighted by Crippen LogP contribution is 2.24. The van der Waals surface area contributed by atoms with E-state index >= 15 is 0 Å². The molecule has 1 aromatic heterocycles. The van der Waals surface area contributed by atoms with Crippen molar-refractivity contribution in [3.8, 4) is 0 Å². The number of carbonyl (C=O) groups is 1. The van der Waals surface area contributed by atoms with Crippen LogP contribution in [0.5, 0.6) is 0 Å². The maximum atomic E-state index is 12.7. The molecular formula is C20H27N5O3S. The second kappa shape index (κ2) is 9.60. The average Bonchev–Trinajstić information content (AvgIpc) is 3.15. The fraction of sp³-hybridized carbons (Fsp3) is 0.550. The van der Waals surface area contributed by atoms with Crippen molar-refractivity contribution >= 4 is 23.6 Å². The number of ether oxygens (including phenoxy) is 2. The topological polar surface area (TPSA) is 72.7 Å². The van der Waals surface area contributed by atoms with Crippen LogP contribution >= 0.6 is 11.8 Å². The minimum absolute atomic E-state index is 0.0901. The van der Waals surface area contributed by atoms with E-state index in [0.29, 0.717) is 45.2 Å². The molecule has 0 spiro atoms. The van der Waals surface area contributed by atoms with Crippen LogP contribution in [0.2, 0.25) is 0 Å². The largest absolute Gasteiger partial charge is 0.378 e. The smallest absolute Gasteiger partial charge is 0.233 e. The molecule has 0 N–H and O–H groups in total. The minimum Gasteiger partial charge on any atom is -0.378 e. The molecule has 2 aliphatic heterocycles. The summed E-state index contributed by atoms with van der Waals surface area (Å²) < 4.78 is 13.1. The molecule has 4 rings (SSSR count). The van der Waals surface area contributed by atoms with Gasteiger partial charge in [0.1, 0.15) is 0 Å². The number of nitrogens with zero attached hydrogens (tertiary/aromatic N) is 5. The first-order chi connectivity index (χ1) is 14.2. The lowest BCUT2D eigenvalue weighted by atomic mass is 10.2. The van der Waals surface area contributed by atoms with Crippen molar-refractivity contribution in [3.63, 3.8) is 0 Å². The van der Waals surface area contributed by atoms with Gasteiger partial charge >= 0.3 is 0 Å². The van der Waals surface area contributed by atoms with Crippen molar-refractivity contribution < 1.29 is 14.3 Å². The molecule has 0 radical (unpaired) electrons. The third-order valence-corrected chi connectivity index (χ3v) is 6.04. The van der Waals surface area contributed by atoms with E-state index < -0.39 is 0 Å². The number of aromatic nitrogens is 3. The number of morpholine rings is 2. The first kappa shape index (κ1) is 20.2. The number of hydrogen-bond donors (Lipinski definition) is 0. The highest BCUT2D eigenvalue weighted by atomic mass is 32.2. The number of hydrogen-bond acceptors (Lipinski definition) is 7. The van der Waals surface area contributed by atoms with Crippen LogP contribution in [0.15, 0.2) is 35.5 Å². The predicted octanol–water partition coefficient (Wildman–Crippen LogP) is 1.50. The van der Waals surface area contributed by atoms with E-state index in [4.69, 9.17) is 9.47 Å². The summed E-state index contributed by atoms with van der Waals surface area (Å²) in [5.74, 6) is 1.31. The molecule has 1 atom stereocenters. The second-order valence-electron chi connectivity index (χ2n) is 7.26. The fourth-order valence-electron chi connectivity index (χ4n) is 3.55. The Morgan fingerprint density at radius 1 is 1.14 bits per heavy atom. The zero-order valence-electron chi connectivity index (χ0n) is 16.7. The highest BCUT2D eigenvalue weighted by molar-refractivity contribution is 7.99. The van der Waals surface area contributed by atoms with Gasteiger partial charge in [0, 0.05) is 26.2 Å². The molecule has 3 heterocycles. The number of thioether (sulfide) groups is 1. The van der Waals surface area contributed by atoms with Crippen LogP contribution in [0.1, 0.15) is 12.5 Å². The monoisotopic (exact) mass is 417 g/mol. The lowest BCUT2D eigenvalue weighted by Gasteiger charge is -2.31. The lowest BCUT2D eigenvalue weighted by Crippen LogP contribution is -2.45. The van der Waals surface area contributed by atoms with Gasteiger partial charge in [0.2, 0.25) is 11.9 Å². The summed E-state index contributed by atoms with van der Waals surface area (Å²) in [5.41, 5.74) is 1.18. The Morgan fingerprint density at radius 3 is 2.69 bits per heavy atom. The van der Waals surface area contributed by atoms with Crippen molar-refractivity contribution in [2.75, 3.05) is 56.7 Å². The van der Waals surface area contributed by atoms with Crippen molar-refractivity contribution in [3.05, 3.63) is 35.9 Å². The summed E-state index contributed by atoms with van der Waals surface area (Å²) in [7, 11) is 0. The molecule has 0 aliphatic carbocycles. The van der Waals surface area contributed by atoms with Crippen LogP contribution in [-0.4, -0.2) is 83.4 Å². The van der Waals surface area contributed by atoms with Gasteiger partial charge in [-0.25, -0.2) is 0 Å². The predicted molar refractivity (Wildman–Crippen MR) is 111 cm³/mol. The van der Waals surface area contributed by atoms with Crippen LogP contribution in [0.3, 0.4) is 0 Å². The molecule has 1 aromatic carbocycles. The lowest BCUT2D eigenvalue weighted by molar-refractivity contribution is -0.135. The third-order valence-electron chi connectivity index (χ3n) is 5.09. The van der Waals surface area contributed by atoms with Gasteiger partial charge in [0.05, 0.1) is 38.2 Å². The molecule has 0 bridgehead atoms. The van der Waals surface area contributed by atoms with Crippen LogP contribution < -0.4 is 4.90 Å². The summed E-state index contributed by atoms with van der Waals surface area (Å²) in [6, 6.07) is 10.3. The fourth-order valence-corrected chi connectivity index (χ4v) is 4.39. The van der Waals surface area contributed by atoms with Gasteiger partial charge in [0.25, 0.3) is 0 Å². The van der Waals surface area contributed by atoms with Gasteiger partial charge in [-0.2, -0.15) is 0 Å². The molecule has 1 amide bonds. The van der Waals surface area contributed by atoms with E-state index in [1.165, 1.54) is 17.3 Å². The zero-order valence-corrected chi connectivity index (χ0v) is 17.5. The van der Waals surface area contributed by atoms with E-state index in [1.807, 2.05) is 30.0 Å². The van der Waals surface area contributed by atoms with Crippen LogP contribution in [0, 0.1) is 0 Å². The Labute approximate surface area is 175 Å². The second-order valence-corrected chi connectivity index (χ2v) is 8.21. The van der Waals surface area contributed by atoms with Crippen molar-refractivity contribution in [2.24, 2.45) is 0 Å². The van der Waals surface area contributed by atoms with E-state index in [2.05, 4.69) is 31.8 Å². The van der Waals surface area contributed by atoms with E-state index in [9.17, 15) is 4.79 Å². The summed E-state index contributed by atoms with van der Waals surface area (Å²) in [4.78, 5) is 16.7. The van der Waals surface area contributed by atoms with Crippen LogP contribution in [0.25, 0.3) is 0 Å². The third kappa shape index (κ3) is 5.09. The molecule has 0 saturated carbocycles. The molecule has 2 fully saturated rings. The normalized spacial score (nSPS) is 20.1. The van der Waals surface area contributed by atoms with Crippen LogP contribution in [-0.2, 0) is 20.8 Å². The molecule has 1 unspecified atom stereocenters. The number of benzene rings is 1. The molecule has 2 aromatic rings. The number of carbonyl (C=O) groups excluding carboxylic acids is 1. The molecule has 29 heavy (non-hydrogen) atoms. The van der Waals surface area contributed by atoms with E-state index in [0.717, 1.165) is 24.2 Å². The molecular weight excluding hydrogens is 390 g/mol. The quantitative estimate of drug-likeness (QED) is 0.660.